The van der Waals surface area contributed by atoms with Gasteiger partial charge < -0.3 is 10.6 Å². The molecule has 19 heavy (non-hydrogen) atoms. The van der Waals surface area contributed by atoms with Crippen molar-refractivity contribution in [2.45, 2.75) is 26.3 Å². The molecule has 0 unspecified atom stereocenters. The highest BCUT2D eigenvalue weighted by atomic mass is 16.2. The summed E-state index contributed by atoms with van der Waals surface area (Å²) in [5.74, 6) is 0.150. The Morgan fingerprint density at radius 2 is 1.84 bits per heavy atom. The van der Waals surface area contributed by atoms with Gasteiger partial charge in [-0.25, -0.2) is 0 Å². The topological polar surface area (TPSA) is 49.6 Å². The van der Waals surface area contributed by atoms with Gasteiger partial charge in [-0.1, -0.05) is 17.7 Å². The van der Waals surface area contributed by atoms with Gasteiger partial charge in [0.1, 0.15) is 0 Å². The standard InChI is InChI=1S/C15H23N3O/c1-12-4-6-13(7-5-12)18-9-8-17(10-14(18)19)15(2,3)11-16/h4-7H,8-11,16H2,1-3H3. The highest BCUT2D eigenvalue weighted by Gasteiger charge is 2.33. The maximum atomic E-state index is 12.3. The Bertz CT molecular complexity index is 453. The zero-order valence-corrected chi connectivity index (χ0v) is 12.0. The summed E-state index contributed by atoms with van der Waals surface area (Å²) in [6.07, 6.45) is 0. The average molecular weight is 261 g/mol. The number of nitrogens with zero attached hydrogens (tertiary/aromatic N) is 2. The molecule has 1 aliphatic heterocycles. The van der Waals surface area contributed by atoms with Crippen LogP contribution in [0.5, 0.6) is 0 Å². The van der Waals surface area contributed by atoms with E-state index in [2.05, 4.69) is 18.7 Å². The van der Waals surface area contributed by atoms with Gasteiger partial charge in [0.25, 0.3) is 0 Å². The van der Waals surface area contributed by atoms with Gasteiger partial charge in [-0.3, -0.25) is 9.69 Å². The molecule has 1 aliphatic rings. The Kier molecular flexibility index (Phi) is 3.92. The summed E-state index contributed by atoms with van der Waals surface area (Å²) in [5.41, 5.74) is 7.86. The van der Waals surface area contributed by atoms with Crippen LogP contribution in [-0.4, -0.2) is 42.5 Å². The molecule has 2 rings (SSSR count). The second-order valence-electron chi connectivity index (χ2n) is 5.82. The van der Waals surface area contributed by atoms with Gasteiger partial charge in [0.05, 0.1) is 6.54 Å². The van der Waals surface area contributed by atoms with Crippen molar-refractivity contribution in [1.82, 2.24) is 4.90 Å². The number of aryl methyl sites for hydroxylation is 1. The molecule has 1 saturated heterocycles. The Balaban J connectivity index is 2.09. The molecule has 1 aromatic rings. The predicted molar refractivity (Wildman–Crippen MR) is 78.2 cm³/mol. The minimum Gasteiger partial charge on any atom is -0.329 e. The fourth-order valence-corrected chi connectivity index (χ4v) is 2.32. The molecule has 1 fully saturated rings. The Morgan fingerprint density at radius 1 is 1.21 bits per heavy atom. The van der Waals surface area contributed by atoms with Crippen molar-refractivity contribution < 1.29 is 4.79 Å². The zero-order chi connectivity index (χ0) is 14.0. The summed E-state index contributed by atoms with van der Waals surface area (Å²) in [4.78, 5) is 16.3. The summed E-state index contributed by atoms with van der Waals surface area (Å²) in [7, 11) is 0. The first-order valence-corrected chi connectivity index (χ1v) is 6.76. The summed E-state index contributed by atoms with van der Waals surface area (Å²) in [5, 5.41) is 0. The minimum absolute atomic E-state index is 0.116. The lowest BCUT2D eigenvalue weighted by atomic mass is 10.0. The number of amides is 1. The predicted octanol–water partition coefficient (Wildman–Crippen LogP) is 1.38. The van der Waals surface area contributed by atoms with Crippen molar-refractivity contribution in [1.29, 1.82) is 0 Å². The number of benzene rings is 1. The van der Waals surface area contributed by atoms with Crippen LogP contribution in [0.2, 0.25) is 0 Å². The number of hydrogen-bond donors (Lipinski definition) is 1. The van der Waals surface area contributed by atoms with Crippen molar-refractivity contribution in [2.75, 3.05) is 31.1 Å². The van der Waals surface area contributed by atoms with Gasteiger partial charge in [0, 0.05) is 30.9 Å². The Labute approximate surface area is 115 Å². The van der Waals surface area contributed by atoms with Crippen LogP contribution in [0.1, 0.15) is 19.4 Å². The lowest BCUT2D eigenvalue weighted by molar-refractivity contribution is -0.123. The van der Waals surface area contributed by atoms with E-state index in [9.17, 15) is 4.79 Å². The maximum Gasteiger partial charge on any atom is 0.241 e. The van der Waals surface area contributed by atoms with Crippen LogP contribution in [0, 0.1) is 6.92 Å². The molecule has 1 amide bonds. The quantitative estimate of drug-likeness (QED) is 0.894. The number of anilines is 1. The fraction of sp³-hybridized carbons (Fsp3) is 0.533. The van der Waals surface area contributed by atoms with E-state index in [1.54, 1.807) is 0 Å². The first-order chi connectivity index (χ1) is 8.94. The number of hydrogen-bond acceptors (Lipinski definition) is 3. The minimum atomic E-state index is -0.116. The van der Waals surface area contributed by atoms with Gasteiger partial charge in [0.15, 0.2) is 0 Å². The first-order valence-electron chi connectivity index (χ1n) is 6.76. The van der Waals surface area contributed by atoms with Crippen LogP contribution in [0.4, 0.5) is 5.69 Å². The molecule has 0 aliphatic carbocycles. The largest absolute Gasteiger partial charge is 0.329 e. The molecular formula is C15H23N3O. The second kappa shape index (κ2) is 5.31. The van der Waals surface area contributed by atoms with Crippen LogP contribution < -0.4 is 10.6 Å². The van der Waals surface area contributed by atoms with Gasteiger partial charge in [-0.15, -0.1) is 0 Å². The zero-order valence-electron chi connectivity index (χ0n) is 12.0. The average Bonchev–Trinajstić information content (AvgIpc) is 2.40. The third kappa shape index (κ3) is 2.96. The van der Waals surface area contributed by atoms with E-state index >= 15 is 0 Å². The van der Waals surface area contributed by atoms with E-state index < -0.39 is 0 Å². The highest BCUT2D eigenvalue weighted by Crippen LogP contribution is 2.21. The van der Waals surface area contributed by atoms with Crippen LogP contribution in [0.15, 0.2) is 24.3 Å². The van der Waals surface area contributed by atoms with E-state index in [0.29, 0.717) is 13.1 Å². The van der Waals surface area contributed by atoms with Crippen molar-refractivity contribution in [3.8, 4) is 0 Å². The Morgan fingerprint density at radius 3 is 2.37 bits per heavy atom. The third-order valence-corrected chi connectivity index (χ3v) is 3.92. The van der Waals surface area contributed by atoms with E-state index in [4.69, 9.17) is 5.73 Å². The smallest absolute Gasteiger partial charge is 0.241 e. The van der Waals surface area contributed by atoms with Gasteiger partial charge in [0.2, 0.25) is 5.91 Å². The van der Waals surface area contributed by atoms with Crippen LogP contribution >= 0.6 is 0 Å². The fourth-order valence-electron chi connectivity index (χ4n) is 2.32. The molecule has 104 valence electrons. The number of piperazine rings is 1. The van der Waals surface area contributed by atoms with Crippen LogP contribution in [0.3, 0.4) is 0 Å². The van der Waals surface area contributed by atoms with Crippen LogP contribution in [-0.2, 0) is 4.79 Å². The Hall–Kier alpha value is -1.39. The lowest BCUT2D eigenvalue weighted by Crippen LogP contribution is -2.59. The maximum absolute atomic E-state index is 12.3. The highest BCUT2D eigenvalue weighted by molar-refractivity contribution is 5.95. The third-order valence-electron chi connectivity index (χ3n) is 3.92. The number of nitrogens with two attached hydrogens (primary N) is 1. The molecule has 1 aromatic carbocycles. The molecular weight excluding hydrogens is 238 g/mol. The summed E-state index contributed by atoms with van der Waals surface area (Å²) in [6.45, 7) is 8.81. The van der Waals surface area contributed by atoms with E-state index in [1.165, 1.54) is 5.56 Å². The van der Waals surface area contributed by atoms with Crippen molar-refractivity contribution in [3.05, 3.63) is 29.8 Å². The molecule has 2 N–H and O–H groups in total. The number of carbonyl (C=O) groups excluding carboxylic acids is 1. The summed E-state index contributed by atoms with van der Waals surface area (Å²) >= 11 is 0. The first kappa shape index (κ1) is 14.0. The molecule has 0 bridgehead atoms. The normalized spacial score (nSPS) is 17.9. The summed E-state index contributed by atoms with van der Waals surface area (Å²) in [6, 6.07) is 8.10. The monoisotopic (exact) mass is 261 g/mol. The molecule has 0 atom stereocenters. The molecule has 0 aromatic heterocycles. The van der Waals surface area contributed by atoms with Crippen molar-refractivity contribution in [2.24, 2.45) is 5.73 Å². The molecule has 1 heterocycles. The van der Waals surface area contributed by atoms with E-state index in [-0.39, 0.29) is 11.4 Å². The van der Waals surface area contributed by atoms with Crippen LogP contribution in [0.25, 0.3) is 0 Å². The van der Waals surface area contributed by atoms with Gasteiger partial charge >= 0.3 is 0 Å². The lowest BCUT2D eigenvalue weighted by Gasteiger charge is -2.43. The van der Waals surface area contributed by atoms with E-state index in [1.807, 2.05) is 36.1 Å². The van der Waals surface area contributed by atoms with Crippen molar-refractivity contribution in [3.63, 3.8) is 0 Å². The SMILES string of the molecule is Cc1ccc(N2CCN(C(C)(C)CN)CC2=O)cc1. The number of rotatable bonds is 3. The number of carbonyl (C=O) groups is 1. The van der Waals surface area contributed by atoms with Gasteiger partial charge in [-0.2, -0.15) is 0 Å². The second-order valence-corrected chi connectivity index (χ2v) is 5.82. The molecule has 0 radical (unpaired) electrons. The molecule has 4 heteroatoms. The molecule has 0 saturated carbocycles. The van der Waals surface area contributed by atoms with E-state index in [0.717, 1.165) is 18.8 Å². The van der Waals surface area contributed by atoms with Crippen molar-refractivity contribution >= 4 is 11.6 Å². The summed E-state index contributed by atoms with van der Waals surface area (Å²) < 4.78 is 0. The molecule has 4 nitrogen and oxygen atoms in total. The molecule has 0 spiro atoms. The van der Waals surface area contributed by atoms with Gasteiger partial charge in [-0.05, 0) is 32.9 Å².